The third-order valence-electron chi connectivity index (χ3n) is 9.52. The summed E-state index contributed by atoms with van der Waals surface area (Å²) < 4.78 is 10.1. The third kappa shape index (κ3) is 8.43. The number of carbonyl (C=O) groups excluding carboxylic acids is 4. The number of esters is 1. The van der Waals surface area contributed by atoms with Gasteiger partial charge in [-0.25, -0.2) is 4.79 Å². The summed E-state index contributed by atoms with van der Waals surface area (Å²) in [6.45, 7) is 9.38. The van der Waals surface area contributed by atoms with Gasteiger partial charge >= 0.3 is 5.97 Å². The molecule has 1 aliphatic heterocycles. The molecular formula is C39H49N3O6. The van der Waals surface area contributed by atoms with Crippen LogP contribution in [0.5, 0.6) is 5.75 Å². The summed E-state index contributed by atoms with van der Waals surface area (Å²) in [4.78, 5) is 49.8. The Hall–Kier alpha value is -4.66. The van der Waals surface area contributed by atoms with Crippen molar-refractivity contribution in [1.82, 2.24) is 15.5 Å². The van der Waals surface area contributed by atoms with Gasteiger partial charge in [-0.15, -0.1) is 0 Å². The zero-order chi connectivity index (χ0) is 34.7. The van der Waals surface area contributed by atoms with E-state index in [2.05, 4.69) is 72.2 Å². The van der Waals surface area contributed by atoms with E-state index in [9.17, 15) is 19.2 Å². The third-order valence-corrected chi connectivity index (χ3v) is 9.52. The topological polar surface area (TPSA) is 114 Å². The molecule has 3 atom stereocenters. The number of methoxy groups -OCH3 is 1. The Morgan fingerprint density at radius 2 is 1.58 bits per heavy atom. The number of benzene rings is 3. The average Bonchev–Trinajstić information content (AvgIpc) is 3.11. The van der Waals surface area contributed by atoms with Gasteiger partial charge in [-0.05, 0) is 67.3 Å². The lowest BCUT2D eigenvalue weighted by atomic mass is 9.64. The van der Waals surface area contributed by atoms with Crippen LogP contribution in [0.2, 0.25) is 0 Å². The molecule has 3 amide bonds. The summed E-state index contributed by atoms with van der Waals surface area (Å²) in [6.07, 6.45) is 3.80. The maximum Gasteiger partial charge on any atom is 0.328 e. The fourth-order valence-corrected chi connectivity index (χ4v) is 6.79. The van der Waals surface area contributed by atoms with E-state index >= 15 is 0 Å². The largest absolute Gasteiger partial charge is 0.496 e. The Balaban J connectivity index is 0.000000371. The number of piperidine rings is 1. The van der Waals surface area contributed by atoms with Gasteiger partial charge in [-0.2, -0.15) is 0 Å². The second-order valence-corrected chi connectivity index (χ2v) is 12.9. The van der Waals surface area contributed by atoms with Crippen molar-refractivity contribution in [1.29, 1.82) is 0 Å². The van der Waals surface area contributed by atoms with Crippen molar-refractivity contribution in [2.45, 2.75) is 76.8 Å². The smallest absolute Gasteiger partial charge is 0.328 e. The highest BCUT2D eigenvalue weighted by molar-refractivity contribution is 5.97. The Labute approximate surface area is 284 Å². The van der Waals surface area contributed by atoms with Gasteiger partial charge in [0.2, 0.25) is 12.3 Å². The van der Waals surface area contributed by atoms with Gasteiger partial charge in [0.05, 0.1) is 25.2 Å². The van der Waals surface area contributed by atoms with Crippen LogP contribution >= 0.6 is 0 Å². The van der Waals surface area contributed by atoms with E-state index < -0.39 is 6.04 Å². The van der Waals surface area contributed by atoms with Crippen molar-refractivity contribution in [3.05, 3.63) is 101 Å². The molecule has 1 fully saturated rings. The van der Waals surface area contributed by atoms with Gasteiger partial charge in [0.15, 0.2) is 0 Å². The number of para-hydroxylation sites is 1. The van der Waals surface area contributed by atoms with Crippen LogP contribution in [-0.2, 0) is 24.5 Å². The molecule has 0 bridgehead atoms. The molecule has 2 N–H and O–H groups in total. The average molecular weight is 656 g/mol. The van der Waals surface area contributed by atoms with Gasteiger partial charge in [0.25, 0.3) is 5.91 Å². The van der Waals surface area contributed by atoms with Gasteiger partial charge in [0.1, 0.15) is 11.8 Å². The van der Waals surface area contributed by atoms with Gasteiger partial charge in [-0.3, -0.25) is 14.4 Å². The first-order chi connectivity index (χ1) is 23.1. The highest BCUT2D eigenvalue weighted by Crippen LogP contribution is 2.47. The van der Waals surface area contributed by atoms with Crippen molar-refractivity contribution in [3.63, 3.8) is 0 Å². The minimum atomic E-state index is -0.526. The van der Waals surface area contributed by atoms with E-state index in [-0.39, 0.29) is 41.1 Å². The number of amides is 3. The summed E-state index contributed by atoms with van der Waals surface area (Å²) in [5, 5.41) is 5.55. The lowest BCUT2D eigenvalue weighted by molar-refractivity contribution is -0.147. The summed E-state index contributed by atoms with van der Waals surface area (Å²) in [5.74, 6) is 0.221. The van der Waals surface area contributed by atoms with Crippen molar-refractivity contribution < 1.29 is 28.7 Å². The van der Waals surface area contributed by atoms with Crippen LogP contribution < -0.4 is 15.4 Å². The molecule has 3 aromatic carbocycles. The normalized spacial score (nSPS) is 19.5. The van der Waals surface area contributed by atoms with Crippen molar-refractivity contribution in [2.75, 3.05) is 26.8 Å². The second-order valence-electron chi connectivity index (χ2n) is 12.9. The van der Waals surface area contributed by atoms with Gasteiger partial charge in [0, 0.05) is 24.5 Å². The SMILES string of the molecule is CCOC(=O)[C@H](NC=O)C(C)C.COc1ccccc1C(=O)NC1CCN(C(=O)[C@H]2CC[C@@](C)(c3ccccc3)c3ccccc32)CC1. The molecule has 1 aliphatic carbocycles. The minimum absolute atomic E-state index is 0.0477. The summed E-state index contributed by atoms with van der Waals surface area (Å²) in [7, 11) is 1.57. The standard InChI is InChI=1S/C31H34N2O3.C8H15NO3/c1-31(22-10-4-3-5-11-22)19-16-25(24-12-6-8-14-27(24)31)30(35)33-20-17-23(18-21-33)32-29(34)26-13-7-9-15-28(26)36-2;1-4-12-8(11)7(6(2)3)9-5-10/h3-15,23,25H,16-21H2,1-2H3,(H,32,34);5-7H,4H2,1-3H3,(H,9,10)/t25-,31-;7-/m01/s1. The molecule has 2 aliphatic rings. The van der Waals surface area contributed by atoms with Crippen molar-refractivity contribution >= 4 is 24.2 Å². The van der Waals surface area contributed by atoms with E-state index in [4.69, 9.17) is 9.47 Å². The quantitative estimate of drug-likeness (QED) is 0.217. The first kappa shape index (κ1) is 36.2. The molecule has 1 heterocycles. The summed E-state index contributed by atoms with van der Waals surface area (Å²) in [5.41, 5.74) is 4.17. The number of carbonyl (C=O) groups is 4. The number of likely N-dealkylation sites (tertiary alicyclic amines) is 1. The van der Waals surface area contributed by atoms with Crippen LogP contribution in [0.15, 0.2) is 78.9 Å². The number of nitrogens with zero attached hydrogens (tertiary/aromatic N) is 1. The van der Waals surface area contributed by atoms with E-state index in [1.165, 1.54) is 11.1 Å². The molecule has 3 aromatic rings. The zero-order valence-electron chi connectivity index (χ0n) is 28.7. The molecule has 0 aromatic heterocycles. The maximum absolute atomic E-state index is 13.7. The molecule has 256 valence electrons. The lowest BCUT2D eigenvalue weighted by Gasteiger charge is -2.42. The number of fused-ring (bicyclic) bond motifs is 1. The second kappa shape index (κ2) is 16.9. The molecule has 1 saturated heterocycles. The van der Waals surface area contributed by atoms with E-state index in [0.29, 0.717) is 37.4 Å². The fraction of sp³-hybridized carbons (Fsp3) is 0.436. The fourth-order valence-electron chi connectivity index (χ4n) is 6.79. The molecular weight excluding hydrogens is 606 g/mol. The summed E-state index contributed by atoms with van der Waals surface area (Å²) in [6, 6.07) is 25.9. The lowest BCUT2D eigenvalue weighted by Crippen LogP contribution is -2.48. The molecule has 48 heavy (non-hydrogen) atoms. The first-order valence-corrected chi connectivity index (χ1v) is 16.9. The minimum Gasteiger partial charge on any atom is -0.496 e. The number of nitrogens with one attached hydrogen (secondary N) is 2. The highest BCUT2D eigenvalue weighted by Gasteiger charge is 2.41. The Morgan fingerprint density at radius 1 is 0.938 bits per heavy atom. The summed E-state index contributed by atoms with van der Waals surface area (Å²) >= 11 is 0. The Morgan fingerprint density at radius 3 is 2.23 bits per heavy atom. The van der Waals surface area contributed by atoms with E-state index in [1.807, 2.05) is 30.9 Å². The van der Waals surface area contributed by atoms with Crippen LogP contribution in [-0.4, -0.2) is 68.0 Å². The van der Waals surface area contributed by atoms with Gasteiger partial charge in [-0.1, -0.05) is 87.5 Å². The number of hydrogen-bond donors (Lipinski definition) is 2. The predicted molar refractivity (Wildman–Crippen MR) is 186 cm³/mol. The van der Waals surface area contributed by atoms with Crippen LogP contribution in [0.1, 0.15) is 86.3 Å². The van der Waals surface area contributed by atoms with Gasteiger partial charge < -0.3 is 25.0 Å². The maximum atomic E-state index is 13.7. The van der Waals surface area contributed by atoms with Crippen LogP contribution in [0.25, 0.3) is 0 Å². The molecule has 0 spiro atoms. The van der Waals surface area contributed by atoms with E-state index in [1.54, 1.807) is 26.2 Å². The Bertz CT molecular complexity index is 1540. The molecule has 0 unspecified atom stereocenters. The van der Waals surface area contributed by atoms with Crippen LogP contribution in [0.4, 0.5) is 0 Å². The highest BCUT2D eigenvalue weighted by atomic mass is 16.5. The number of hydrogen-bond acceptors (Lipinski definition) is 6. The van der Waals surface area contributed by atoms with E-state index in [0.717, 1.165) is 31.2 Å². The number of ether oxygens (including phenoxy) is 2. The van der Waals surface area contributed by atoms with Crippen molar-refractivity contribution in [2.24, 2.45) is 5.92 Å². The molecule has 9 nitrogen and oxygen atoms in total. The van der Waals surface area contributed by atoms with Crippen molar-refractivity contribution in [3.8, 4) is 5.75 Å². The first-order valence-electron chi connectivity index (χ1n) is 16.9. The zero-order valence-corrected chi connectivity index (χ0v) is 28.7. The molecule has 5 rings (SSSR count). The monoisotopic (exact) mass is 655 g/mol. The number of rotatable bonds is 10. The Kier molecular flexibility index (Phi) is 12.8. The molecule has 9 heteroatoms. The molecule has 0 radical (unpaired) electrons. The predicted octanol–water partition coefficient (Wildman–Crippen LogP) is 5.62. The molecule has 0 saturated carbocycles. The van der Waals surface area contributed by atoms with Crippen LogP contribution in [0, 0.1) is 5.92 Å². The van der Waals surface area contributed by atoms with Crippen LogP contribution in [0.3, 0.4) is 0 Å².